The van der Waals surface area contributed by atoms with Gasteiger partial charge in [-0.3, -0.25) is 4.90 Å². The lowest BCUT2D eigenvalue weighted by Crippen LogP contribution is -2.41. The fourth-order valence-corrected chi connectivity index (χ4v) is 2.17. The number of carbonyl (C=O) groups is 2. The third-order valence-electron chi connectivity index (χ3n) is 2.94. The van der Waals surface area contributed by atoms with Gasteiger partial charge in [0.05, 0.1) is 5.56 Å². The lowest BCUT2D eigenvalue weighted by atomic mass is 9.96. The predicted octanol–water partition coefficient (Wildman–Crippen LogP) is 1.48. The number of benzene rings is 1. The Kier molecular flexibility index (Phi) is 2.99. The summed E-state index contributed by atoms with van der Waals surface area (Å²) in [6, 6.07) is 4.84. The molecule has 5 nitrogen and oxygen atoms in total. The third-order valence-corrected chi connectivity index (χ3v) is 2.94. The topological polar surface area (TPSA) is 69.6 Å². The van der Waals surface area contributed by atoms with E-state index >= 15 is 0 Å². The first-order valence-electron chi connectivity index (χ1n) is 5.49. The average Bonchev–Trinajstić information content (AvgIpc) is 2.36. The molecule has 17 heavy (non-hydrogen) atoms. The number of nitrogens with zero attached hydrogens (tertiary/aromatic N) is 1. The summed E-state index contributed by atoms with van der Waals surface area (Å²) in [5, 5.41) is 11.7. The molecule has 0 aliphatic carbocycles. The first-order valence-corrected chi connectivity index (χ1v) is 5.49. The van der Waals surface area contributed by atoms with Crippen molar-refractivity contribution >= 4 is 17.7 Å². The smallest absolute Gasteiger partial charge is 0.336 e. The van der Waals surface area contributed by atoms with Gasteiger partial charge in [0.15, 0.2) is 0 Å². The van der Waals surface area contributed by atoms with E-state index in [1.165, 1.54) is 0 Å². The van der Waals surface area contributed by atoms with Crippen molar-refractivity contribution < 1.29 is 14.7 Å². The zero-order valence-corrected chi connectivity index (χ0v) is 9.56. The van der Waals surface area contributed by atoms with Gasteiger partial charge in [-0.25, -0.2) is 9.59 Å². The van der Waals surface area contributed by atoms with Crippen LogP contribution in [0.2, 0.25) is 0 Å². The summed E-state index contributed by atoms with van der Waals surface area (Å²) in [5.74, 6) is -0.944. The van der Waals surface area contributed by atoms with Crippen LogP contribution < -0.4 is 10.2 Å². The zero-order valence-electron chi connectivity index (χ0n) is 9.56. The van der Waals surface area contributed by atoms with Crippen LogP contribution in [0.5, 0.6) is 0 Å². The second-order valence-electron chi connectivity index (χ2n) is 3.92. The molecule has 2 amide bonds. The highest BCUT2D eigenvalue weighted by molar-refractivity contribution is 5.97. The van der Waals surface area contributed by atoms with Crippen LogP contribution in [-0.2, 0) is 6.42 Å². The van der Waals surface area contributed by atoms with Gasteiger partial charge >= 0.3 is 12.0 Å². The molecule has 1 aromatic rings. The second-order valence-corrected chi connectivity index (χ2v) is 3.92. The van der Waals surface area contributed by atoms with E-state index in [1.807, 2.05) is 0 Å². The predicted molar refractivity (Wildman–Crippen MR) is 63.5 cm³/mol. The van der Waals surface area contributed by atoms with Gasteiger partial charge in [0, 0.05) is 19.3 Å². The van der Waals surface area contributed by atoms with Gasteiger partial charge in [-0.1, -0.05) is 6.07 Å². The van der Waals surface area contributed by atoms with E-state index in [9.17, 15) is 9.59 Å². The first kappa shape index (κ1) is 11.4. The molecule has 0 saturated heterocycles. The van der Waals surface area contributed by atoms with Gasteiger partial charge < -0.3 is 10.4 Å². The lowest BCUT2D eigenvalue weighted by molar-refractivity contribution is 0.0695. The molecule has 2 rings (SSSR count). The molecule has 0 bridgehead atoms. The van der Waals surface area contributed by atoms with Crippen LogP contribution in [-0.4, -0.2) is 30.7 Å². The molecule has 0 radical (unpaired) electrons. The molecule has 0 aromatic heterocycles. The molecule has 0 unspecified atom stereocenters. The molecule has 1 heterocycles. The fourth-order valence-electron chi connectivity index (χ4n) is 2.17. The van der Waals surface area contributed by atoms with Crippen molar-refractivity contribution in [1.82, 2.24) is 5.32 Å². The number of carboxylic acid groups (broad SMARTS) is 1. The summed E-state index contributed by atoms with van der Waals surface area (Å²) in [4.78, 5) is 24.4. The summed E-state index contributed by atoms with van der Waals surface area (Å²) in [5.41, 5.74) is 1.74. The molecule has 1 aromatic carbocycles. The van der Waals surface area contributed by atoms with Gasteiger partial charge in [-0.05, 0) is 30.5 Å². The van der Waals surface area contributed by atoms with Crippen LogP contribution in [0.4, 0.5) is 10.5 Å². The molecule has 5 heteroatoms. The maximum Gasteiger partial charge on any atom is 0.336 e. The molecule has 0 spiro atoms. The van der Waals surface area contributed by atoms with Crippen molar-refractivity contribution in [3.8, 4) is 0 Å². The number of fused-ring (bicyclic) bond motifs is 1. The van der Waals surface area contributed by atoms with Crippen molar-refractivity contribution in [2.75, 3.05) is 18.5 Å². The number of carbonyl (C=O) groups excluding carboxylic acids is 1. The number of amides is 2. The zero-order chi connectivity index (χ0) is 12.4. The van der Waals surface area contributed by atoms with Crippen molar-refractivity contribution in [1.29, 1.82) is 0 Å². The Morgan fingerprint density at radius 3 is 2.82 bits per heavy atom. The molecule has 0 atom stereocenters. The molecular formula is C12H14N2O3. The number of urea groups is 1. The number of rotatable bonds is 1. The van der Waals surface area contributed by atoms with Crippen LogP contribution >= 0.6 is 0 Å². The standard InChI is InChI=1S/C12H14N2O3/c1-13-12(17)14-7-3-5-8-9(11(15)16)4-2-6-10(8)14/h2,4,6H,3,5,7H2,1H3,(H,13,17)(H,15,16). The van der Waals surface area contributed by atoms with Crippen molar-refractivity contribution in [3.05, 3.63) is 29.3 Å². The SMILES string of the molecule is CNC(=O)N1CCCc2c(C(=O)O)cccc21. The van der Waals surface area contributed by atoms with Gasteiger partial charge in [0.2, 0.25) is 0 Å². The fraction of sp³-hybridized carbons (Fsp3) is 0.333. The highest BCUT2D eigenvalue weighted by Crippen LogP contribution is 2.29. The minimum Gasteiger partial charge on any atom is -0.478 e. The molecule has 1 aliphatic heterocycles. The number of hydrogen-bond acceptors (Lipinski definition) is 2. The highest BCUT2D eigenvalue weighted by Gasteiger charge is 2.25. The number of hydrogen-bond donors (Lipinski definition) is 2. The number of anilines is 1. The maximum atomic E-state index is 11.7. The van der Waals surface area contributed by atoms with Crippen LogP contribution in [0, 0.1) is 0 Å². The summed E-state index contributed by atoms with van der Waals surface area (Å²) in [7, 11) is 1.57. The molecule has 0 fully saturated rings. The second kappa shape index (κ2) is 4.45. The van der Waals surface area contributed by atoms with E-state index in [0.29, 0.717) is 18.7 Å². The molecule has 0 saturated carbocycles. The van der Waals surface area contributed by atoms with E-state index in [-0.39, 0.29) is 11.6 Å². The number of nitrogens with one attached hydrogen (secondary N) is 1. The van der Waals surface area contributed by atoms with Crippen LogP contribution in [0.1, 0.15) is 22.3 Å². The summed E-state index contributed by atoms with van der Waals surface area (Å²) < 4.78 is 0. The largest absolute Gasteiger partial charge is 0.478 e. The van der Waals surface area contributed by atoms with E-state index in [2.05, 4.69) is 5.32 Å². The van der Waals surface area contributed by atoms with Gasteiger partial charge in [0.1, 0.15) is 0 Å². The van der Waals surface area contributed by atoms with Crippen LogP contribution in [0.25, 0.3) is 0 Å². The number of carboxylic acids is 1. The average molecular weight is 234 g/mol. The first-order chi connectivity index (χ1) is 8.15. The van der Waals surface area contributed by atoms with Crippen molar-refractivity contribution in [3.63, 3.8) is 0 Å². The minimum atomic E-state index is -0.944. The van der Waals surface area contributed by atoms with Gasteiger partial charge in [-0.15, -0.1) is 0 Å². The highest BCUT2D eigenvalue weighted by atomic mass is 16.4. The molecule has 1 aliphatic rings. The van der Waals surface area contributed by atoms with Crippen molar-refractivity contribution in [2.45, 2.75) is 12.8 Å². The summed E-state index contributed by atoms with van der Waals surface area (Å²) >= 11 is 0. The third kappa shape index (κ3) is 1.95. The Balaban J connectivity index is 2.49. The van der Waals surface area contributed by atoms with Crippen LogP contribution in [0.3, 0.4) is 0 Å². The van der Waals surface area contributed by atoms with E-state index in [1.54, 1.807) is 30.1 Å². The van der Waals surface area contributed by atoms with Gasteiger partial charge in [0.25, 0.3) is 0 Å². The Morgan fingerprint density at radius 1 is 1.41 bits per heavy atom. The number of aromatic carboxylic acids is 1. The normalized spacial score (nSPS) is 14.1. The monoisotopic (exact) mass is 234 g/mol. The molecular weight excluding hydrogens is 220 g/mol. The van der Waals surface area contributed by atoms with E-state index < -0.39 is 5.97 Å². The quantitative estimate of drug-likeness (QED) is 0.773. The molecule has 90 valence electrons. The Hall–Kier alpha value is -2.04. The Morgan fingerprint density at radius 2 is 2.18 bits per heavy atom. The van der Waals surface area contributed by atoms with Gasteiger partial charge in [-0.2, -0.15) is 0 Å². The summed E-state index contributed by atoms with van der Waals surface area (Å²) in [6.45, 7) is 0.621. The lowest BCUT2D eigenvalue weighted by Gasteiger charge is -2.29. The maximum absolute atomic E-state index is 11.7. The van der Waals surface area contributed by atoms with Crippen molar-refractivity contribution in [2.24, 2.45) is 0 Å². The Bertz CT molecular complexity index is 471. The molecule has 2 N–H and O–H groups in total. The van der Waals surface area contributed by atoms with Crippen LogP contribution in [0.15, 0.2) is 18.2 Å². The Labute approximate surface area is 99.0 Å². The van der Waals surface area contributed by atoms with E-state index in [4.69, 9.17) is 5.11 Å². The van der Waals surface area contributed by atoms with E-state index in [0.717, 1.165) is 12.0 Å². The summed E-state index contributed by atoms with van der Waals surface area (Å²) in [6.07, 6.45) is 1.48. The minimum absolute atomic E-state index is 0.200.